The van der Waals surface area contributed by atoms with E-state index in [1.807, 2.05) is 30.3 Å². The number of amides is 3. The fraction of sp³-hybridized carbons (Fsp3) is 0.0345. The first-order valence-electron chi connectivity index (χ1n) is 11.7. The van der Waals surface area contributed by atoms with E-state index < -0.39 is 17.7 Å². The molecule has 0 aliphatic heterocycles. The molecule has 0 saturated carbocycles. The third-order valence-corrected chi connectivity index (χ3v) is 6.38. The van der Waals surface area contributed by atoms with E-state index in [2.05, 4.69) is 53.0 Å². The van der Waals surface area contributed by atoms with Crippen LogP contribution in [0.5, 0.6) is 5.75 Å². The number of halogens is 2. The van der Waals surface area contributed by atoms with Crippen molar-refractivity contribution in [3.05, 3.63) is 123 Å². The van der Waals surface area contributed by atoms with Gasteiger partial charge in [0.1, 0.15) is 12.4 Å². The topological polar surface area (TPSA) is 109 Å². The molecule has 3 amide bonds. The molecule has 0 fully saturated rings. The van der Waals surface area contributed by atoms with Crippen LogP contribution < -0.4 is 20.8 Å². The maximum Gasteiger partial charge on any atom is 0.329 e. The standard InChI is InChI=1S/C29H22Br2N4O4/c30-21-11-9-19(10-12-21)18-39-26-8-4-1-5-20(26)17-32-35-29(38)28(37)34-25-7-3-2-6-24(25)27(36)33-23-15-13-22(31)14-16-23/h1-17H,18H2,(H,33,36)(H,34,37)(H,35,38). The molecule has 8 nitrogen and oxygen atoms in total. The molecule has 39 heavy (non-hydrogen) atoms. The van der Waals surface area contributed by atoms with E-state index >= 15 is 0 Å². The minimum Gasteiger partial charge on any atom is -0.488 e. The van der Waals surface area contributed by atoms with Crippen LogP contribution in [0.25, 0.3) is 0 Å². The molecule has 4 aromatic rings. The molecule has 0 aliphatic carbocycles. The van der Waals surface area contributed by atoms with Crippen molar-refractivity contribution in [3.63, 3.8) is 0 Å². The highest BCUT2D eigenvalue weighted by atomic mass is 79.9. The zero-order valence-electron chi connectivity index (χ0n) is 20.4. The van der Waals surface area contributed by atoms with Gasteiger partial charge < -0.3 is 15.4 Å². The number of carbonyl (C=O) groups is 3. The van der Waals surface area contributed by atoms with Gasteiger partial charge in [0, 0.05) is 20.2 Å². The van der Waals surface area contributed by atoms with Gasteiger partial charge in [-0.1, -0.05) is 68.3 Å². The highest BCUT2D eigenvalue weighted by molar-refractivity contribution is 9.10. The number of anilines is 2. The average Bonchev–Trinajstić information content (AvgIpc) is 2.94. The molecule has 0 radical (unpaired) electrons. The Morgan fingerprint density at radius 3 is 2.13 bits per heavy atom. The van der Waals surface area contributed by atoms with E-state index in [1.54, 1.807) is 60.7 Å². The number of nitrogens with zero attached hydrogens (tertiary/aromatic N) is 1. The van der Waals surface area contributed by atoms with Crippen molar-refractivity contribution in [3.8, 4) is 5.75 Å². The third kappa shape index (κ3) is 8.10. The minimum absolute atomic E-state index is 0.183. The first kappa shape index (κ1) is 27.7. The molecule has 0 aliphatic rings. The van der Waals surface area contributed by atoms with Gasteiger partial charge in [0.25, 0.3) is 5.91 Å². The van der Waals surface area contributed by atoms with Gasteiger partial charge in [-0.05, 0) is 66.2 Å². The maximum absolute atomic E-state index is 12.8. The molecule has 0 spiro atoms. The molecule has 0 atom stereocenters. The van der Waals surface area contributed by atoms with Crippen LogP contribution in [0.2, 0.25) is 0 Å². The zero-order valence-corrected chi connectivity index (χ0v) is 23.5. The number of para-hydroxylation sites is 2. The third-order valence-electron chi connectivity index (χ3n) is 5.32. The first-order valence-corrected chi connectivity index (χ1v) is 13.2. The number of hydrogen-bond donors (Lipinski definition) is 3. The van der Waals surface area contributed by atoms with Crippen LogP contribution in [0, 0.1) is 0 Å². The fourth-order valence-corrected chi connectivity index (χ4v) is 3.90. The van der Waals surface area contributed by atoms with E-state index in [0.717, 1.165) is 14.5 Å². The Kier molecular flexibility index (Phi) is 9.60. The van der Waals surface area contributed by atoms with Crippen LogP contribution in [0.3, 0.4) is 0 Å². The van der Waals surface area contributed by atoms with E-state index in [-0.39, 0.29) is 11.3 Å². The van der Waals surface area contributed by atoms with Crippen molar-refractivity contribution in [2.45, 2.75) is 6.61 Å². The lowest BCUT2D eigenvalue weighted by atomic mass is 10.1. The Morgan fingerprint density at radius 1 is 0.744 bits per heavy atom. The summed E-state index contributed by atoms with van der Waals surface area (Å²) in [4.78, 5) is 37.7. The van der Waals surface area contributed by atoms with Gasteiger partial charge in [0.15, 0.2) is 0 Å². The van der Waals surface area contributed by atoms with Gasteiger partial charge in [-0.2, -0.15) is 5.10 Å². The summed E-state index contributed by atoms with van der Waals surface area (Å²) in [7, 11) is 0. The second kappa shape index (κ2) is 13.5. The van der Waals surface area contributed by atoms with Crippen molar-refractivity contribution < 1.29 is 19.1 Å². The quantitative estimate of drug-likeness (QED) is 0.121. The molecular formula is C29H22Br2N4O4. The number of hydrazone groups is 1. The second-order valence-corrected chi connectivity index (χ2v) is 9.94. The summed E-state index contributed by atoms with van der Waals surface area (Å²) in [5.41, 5.74) is 4.77. The lowest BCUT2D eigenvalue weighted by molar-refractivity contribution is -0.136. The summed E-state index contributed by atoms with van der Waals surface area (Å²) >= 11 is 6.75. The molecule has 0 heterocycles. The van der Waals surface area contributed by atoms with Crippen LogP contribution >= 0.6 is 31.9 Å². The number of carbonyl (C=O) groups excluding carboxylic acids is 3. The zero-order chi connectivity index (χ0) is 27.6. The Labute approximate surface area is 241 Å². The molecule has 0 unspecified atom stereocenters. The number of nitrogens with one attached hydrogen (secondary N) is 3. The molecule has 4 aromatic carbocycles. The summed E-state index contributed by atoms with van der Waals surface area (Å²) < 4.78 is 7.74. The van der Waals surface area contributed by atoms with Gasteiger partial charge >= 0.3 is 11.8 Å². The number of hydrogen-bond acceptors (Lipinski definition) is 5. The second-order valence-electron chi connectivity index (χ2n) is 8.11. The molecule has 10 heteroatoms. The van der Waals surface area contributed by atoms with Crippen LogP contribution in [0.15, 0.2) is 111 Å². The van der Waals surface area contributed by atoms with Gasteiger partial charge in [-0.3, -0.25) is 14.4 Å². The van der Waals surface area contributed by atoms with Gasteiger partial charge in [0.05, 0.1) is 17.5 Å². The minimum atomic E-state index is -0.998. The Bertz CT molecular complexity index is 1510. The fourth-order valence-electron chi connectivity index (χ4n) is 3.37. The SMILES string of the molecule is O=C(NN=Cc1ccccc1OCc1ccc(Br)cc1)C(=O)Nc1ccccc1C(=O)Nc1ccc(Br)cc1. The highest BCUT2D eigenvalue weighted by Crippen LogP contribution is 2.20. The van der Waals surface area contributed by atoms with Crippen LogP contribution in [-0.4, -0.2) is 23.9 Å². The summed E-state index contributed by atoms with van der Waals surface area (Å²) in [5, 5.41) is 9.12. The van der Waals surface area contributed by atoms with Gasteiger partial charge in [-0.25, -0.2) is 5.43 Å². The predicted octanol–water partition coefficient (Wildman–Crippen LogP) is 6.13. The number of ether oxygens (including phenoxy) is 1. The number of benzene rings is 4. The summed E-state index contributed by atoms with van der Waals surface area (Å²) in [6.45, 7) is 0.349. The van der Waals surface area contributed by atoms with Crippen molar-refractivity contribution in [1.82, 2.24) is 5.43 Å². The number of rotatable bonds is 8. The first-order chi connectivity index (χ1) is 18.9. The smallest absolute Gasteiger partial charge is 0.329 e. The van der Waals surface area contributed by atoms with Crippen molar-refractivity contribution in [1.29, 1.82) is 0 Å². The van der Waals surface area contributed by atoms with Crippen molar-refractivity contribution >= 4 is 67.2 Å². The summed E-state index contributed by atoms with van der Waals surface area (Å²) in [6.07, 6.45) is 1.39. The van der Waals surface area contributed by atoms with Crippen LogP contribution in [-0.2, 0) is 16.2 Å². The molecule has 0 bridgehead atoms. The Balaban J connectivity index is 1.35. The Morgan fingerprint density at radius 2 is 1.38 bits per heavy atom. The average molecular weight is 650 g/mol. The maximum atomic E-state index is 12.8. The van der Waals surface area contributed by atoms with Gasteiger partial charge in [-0.15, -0.1) is 0 Å². The van der Waals surface area contributed by atoms with Gasteiger partial charge in [0.2, 0.25) is 0 Å². The molecule has 196 valence electrons. The lowest BCUT2D eigenvalue weighted by Crippen LogP contribution is -2.33. The molecular weight excluding hydrogens is 628 g/mol. The van der Waals surface area contributed by atoms with E-state index in [0.29, 0.717) is 23.6 Å². The Hall–Kier alpha value is -4.28. The molecule has 3 N–H and O–H groups in total. The highest BCUT2D eigenvalue weighted by Gasteiger charge is 2.18. The van der Waals surface area contributed by atoms with E-state index in [4.69, 9.17) is 4.74 Å². The van der Waals surface area contributed by atoms with Crippen LogP contribution in [0.1, 0.15) is 21.5 Å². The lowest BCUT2D eigenvalue weighted by Gasteiger charge is -2.11. The van der Waals surface area contributed by atoms with E-state index in [1.165, 1.54) is 12.3 Å². The predicted molar refractivity (Wildman–Crippen MR) is 158 cm³/mol. The van der Waals surface area contributed by atoms with Crippen LogP contribution in [0.4, 0.5) is 11.4 Å². The summed E-state index contributed by atoms with van der Waals surface area (Å²) in [6, 6.07) is 28.4. The monoisotopic (exact) mass is 648 g/mol. The van der Waals surface area contributed by atoms with Crippen molar-refractivity contribution in [2.75, 3.05) is 10.6 Å². The normalized spacial score (nSPS) is 10.6. The molecule has 0 aromatic heterocycles. The molecule has 4 rings (SSSR count). The summed E-state index contributed by atoms with van der Waals surface area (Å²) in [5.74, 6) is -1.85. The largest absolute Gasteiger partial charge is 0.488 e. The van der Waals surface area contributed by atoms with E-state index in [9.17, 15) is 14.4 Å². The molecule has 0 saturated heterocycles. The van der Waals surface area contributed by atoms with Crippen molar-refractivity contribution in [2.24, 2.45) is 5.10 Å².